The summed E-state index contributed by atoms with van der Waals surface area (Å²) in [6, 6.07) is 11.8. The minimum absolute atomic E-state index is 0.0453. The standard InChI is InChI=1S/C22H27N5OS/c1-3-17-7-5-8-19(15-17)25-20(28)16-24-22(23-4-2)26-18-10-12-27(13-11-18)21-9-6-14-29-21/h1,5-9,14-15,18H,4,10-13,16H2,2H3,(H,25,28)(H2,23,24,26). The lowest BCUT2D eigenvalue weighted by Crippen LogP contribution is -2.48. The molecule has 152 valence electrons. The van der Waals surface area contributed by atoms with Crippen LogP contribution in [0.4, 0.5) is 10.7 Å². The number of hydrogen-bond acceptors (Lipinski definition) is 4. The quantitative estimate of drug-likeness (QED) is 0.390. The van der Waals surface area contributed by atoms with Gasteiger partial charge in [0.05, 0.1) is 5.00 Å². The number of piperidine rings is 1. The molecule has 2 aromatic rings. The number of carbonyl (C=O) groups excluding carboxylic acids is 1. The van der Waals surface area contributed by atoms with E-state index in [0.29, 0.717) is 17.7 Å². The van der Waals surface area contributed by atoms with Crippen LogP contribution in [-0.4, -0.2) is 44.1 Å². The summed E-state index contributed by atoms with van der Waals surface area (Å²) < 4.78 is 0. The molecule has 1 aromatic heterocycles. The van der Waals surface area contributed by atoms with Crippen LogP contribution in [-0.2, 0) is 4.79 Å². The number of aliphatic imine (C=N–C) groups is 1. The first-order valence-electron chi connectivity index (χ1n) is 9.87. The maximum absolute atomic E-state index is 12.3. The van der Waals surface area contributed by atoms with Crippen LogP contribution in [0.15, 0.2) is 46.8 Å². The van der Waals surface area contributed by atoms with Crippen molar-refractivity contribution in [3.63, 3.8) is 0 Å². The number of benzene rings is 1. The summed E-state index contributed by atoms with van der Waals surface area (Å²) in [5.74, 6) is 3.06. The number of terminal acetylenes is 1. The van der Waals surface area contributed by atoms with Gasteiger partial charge in [-0.3, -0.25) is 4.79 Å². The molecule has 0 saturated carbocycles. The average Bonchev–Trinajstić information content (AvgIpc) is 3.28. The van der Waals surface area contributed by atoms with Crippen molar-refractivity contribution >= 4 is 33.9 Å². The van der Waals surface area contributed by atoms with Gasteiger partial charge in [0.25, 0.3) is 0 Å². The predicted octanol–water partition coefficient (Wildman–Crippen LogP) is 2.89. The van der Waals surface area contributed by atoms with E-state index in [2.05, 4.69) is 49.3 Å². The van der Waals surface area contributed by atoms with Gasteiger partial charge in [-0.25, -0.2) is 4.99 Å². The normalized spacial score (nSPS) is 14.9. The van der Waals surface area contributed by atoms with E-state index in [1.807, 2.05) is 25.1 Å². The first-order valence-corrected chi connectivity index (χ1v) is 10.8. The molecular formula is C22H27N5OS. The molecule has 3 N–H and O–H groups in total. The number of rotatable bonds is 6. The maximum atomic E-state index is 12.3. The largest absolute Gasteiger partial charge is 0.363 e. The Morgan fingerprint density at radius 3 is 2.83 bits per heavy atom. The number of carbonyl (C=O) groups is 1. The monoisotopic (exact) mass is 409 g/mol. The summed E-state index contributed by atoms with van der Waals surface area (Å²) in [5.41, 5.74) is 1.41. The topological polar surface area (TPSA) is 68.8 Å². The molecular weight excluding hydrogens is 382 g/mol. The zero-order valence-electron chi connectivity index (χ0n) is 16.6. The first-order chi connectivity index (χ1) is 14.2. The van der Waals surface area contributed by atoms with Crippen LogP contribution in [0, 0.1) is 12.3 Å². The van der Waals surface area contributed by atoms with Gasteiger partial charge < -0.3 is 20.9 Å². The molecule has 6 nitrogen and oxygen atoms in total. The third-order valence-corrected chi connectivity index (χ3v) is 5.62. The SMILES string of the molecule is C#Cc1cccc(NC(=O)CN=C(NCC)NC2CCN(c3cccs3)CC2)c1. The van der Waals surface area contributed by atoms with Gasteiger partial charge in [-0.15, -0.1) is 17.8 Å². The zero-order chi connectivity index (χ0) is 20.5. The van der Waals surface area contributed by atoms with E-state index in [9.17, 15) is 4.79 Å². The van der Waals surface area contributed by atoms with Crippen LogP contribution in [0.5, 0.6) is 0 Å². The van der Waals surface area contributed by atoms with Crippen molar-refractivity contribution < 1.29 is 4.79 Å². The fourth-order valence-corrected chi connectivity index (χ4v) is 4.03. The molecule has 7 heteroatoms. The van der Waals surface area contributed by atoms with Crippen molar-refractivity contribution in [3.05, 3.63) is 47.3 Å². The molecule has 1 fully saturated rings. The van der Waals surface area contributed by atoms with E-state index >= 15 is 0 Å². The first kappa shape index (κ1) is 20.7. The Balaban J connectivity index is 1.50. The van der Waals surface area contributed by atoms with Crippen LogP contribution < -0.4 is 20.9 Å². The highest BCUT2D eigenvalue weighted by molar-refractivity contribution is 7.14. The van der Waals surface area contributed by atoms with Crippen molar-refractivity contribution in [2.75, 3.05) is 36.4 Å². The van der Waals surface area contributed by atoms with Gasteiger partial charge in [-0.2, -0.15) is 0 Å². The molecule has 0 unspecified atom stereocenters. The number of amides is 1. The molecule has 1 aliphatic rings. The van der Waals surface area contributed by atoms with E-state index in [1.54, 1.807) is 17.4 Å². The Morgan fingerprint density at radius 1 is 1.31 bits per heavy atom. The Kier molecular flexibility index (Phi) is 7.54. The lowest BCUT2D eigenvalue weighted by Gasteiger charge is -2.33. The molecule has 0 spiro atoms. The smallest absolute Gasteiger partial charge is 0.246 e. The predicted molar refractivity (Wildman–Crippen MR) is 122 cm³/mol. The van der Waals surface area contributed by atoms with E-state index in [1.165, 1.54) is 5.00 Å². The lowest BCUT2D eigenvalue weighted by atomic mass is 10.1. The Bertz CT molecular complexity index is 864. The Labute approximate surface area is 176 Å². The van der Waals surface area contributed by atoms with Crippen molar-refractivity contribution in [1.82, 2.24) is 10.6 Å². The van der Waals surface area contributed by atoms with E-state index in [0.717, 1.165) is 38.0 Å². The van der Waals surface area contributed by atoms with Gasteiger partial charge in [-0.1, -0.05) is 12.0 Å². The minimum atomic E-state index is -0.177. The number of hydrogen-bond donors (Lipinski definition) is 3. The molecule has 3 rings (SSSR count). The van der Waals surface area contributed by atoms with E-state index < -0.39 is 0 Å². The lowest BCUT2D eigenvalue weighted by molar-refractivity contribution is -0.114. The number of anilines is 2. The highest BCUT2D eigenvalue weighted by atomic mass is 32.1. The number of nitrogens with one attached hydrogen (secondary N) is 3. The van der Waals surface area contributed by atoms with Gasteiger partial charge in [0, 0.05) is 36.9 Å². The Hall–Kier alpha value is -2.98. The van der Waals surface area contributed by atoms with Crippen molar-refractivity contribution in [2.45, 2.75) is 25.8 Å². The minimum Gasteiger partial charge on any atom is -0.363 e. The Morgan fingerprint density at radius 2 is 2.14 bits per heavy atom. The average molecular weight is 410 g/mol. The van der Waals surface area contributed by atoms with Gasteiger partial charge in [0.2, 0.25) is 5.91 Å². The second-order valence-corrected chi connectivity index (χ2v) is 7.75. The van der Waals surface area contributed by atoms with Crippen LogP contribution in [0.3, 0.4) is 0 Å². The molecule has 1 saturated heterocycles. The molecule has 0 aliphatic carbocycles. The molecule has 1 aliphatic heterocycles. The summed E-state index contributed by atoms with van der Waals surface area (Å²) in [5, 5.41) is 13.0. The van der Waals surface area contributed by atoms with Crippen molar-refractivity contribution in [3.8, 4) is 12.3 Å². The summed E-state index contributed by atoms with van der Waals surface area (Å²) in [6.45, 7) is 4.84. The molecule has 1 amide bonds. The van der Waals surface area contributed by atoms with E-state index in [4.69, 9.17) is 6.42 Å². The summed E-state index contributed by atoms with van der Waals surface area (Å²) in [4.78, 5) is 19.1. The summed E-state index contributed by atoms with van der Waals surface area (Å²) in [6.07, 6.45) is 7.47. The van der Waals surface area contributed by atoms with Gasteiger partial charge in [0.1, 0.15) is 6.54 Å². The van der Waals surface area contributed by atoms with Gasteiger partial charge >= 0.3 is 0 Å². The molecule has 0 radical (unpaired) electrons. The van der Waals surface area contributed by atoms with Crippen molar-refractivity contribution in [1.29, 1.82) is 0 Å². The molecule has 1 aromatic carbocycles. The highest BCUT2D eigenvalue weighted by Gasteiger charge is 2.20. The van der Waals surface area contributed by atoms with Crippen molar-refractivity contribution in [2.24, 2.45) is 4.99 Å². The summed E-state index contributed by atoms with van der Waals surface area (Å²) >= 11 is 1.78. The number of guanidine groups is 1. The molecule has 29 heavy (non-hydrogen) atoms. The summed E-state index contributed by atoms with van der Waals surface area (Å²) in [7, 11) is 0. The molecule has 2 heterocycles. The van der Waals surface area contributed by atoms with Crippen LogP contribution >= 0.6 is 11.3 Å². The number of nitrogens with zero attached hydrogens (tertiary/aromatic N) is 2. The van der Waals surface area contributed by atoms with Crippen LogP contribution in [0.1, 0.15) is 25.3 Å². The zero-order valence-corrected chi connectivity index (χ0v) is 17.5. The van der Waals surface area contributed by atoms with Crippen LogP contribution in [0.25, 0.3) is 0 Å². The third kappa shape index (κ3) is 6.26. The second kappa shape index (κ2) is 10.5. The maximum Gasteiger partial charge on any atom is 0.246 e. The van der Waals surface area contributed by atoms with E-state index in [-0.39, 0.29) is 12.5 Å². The van der Waals surface area contributed by atoms with Gasteiger partial charge in [-0.05, 0) is 55.5 Å². The fourth-order valence-electron chi connectivity index (χ4n) is 3.25. The third-order valence-electron chi connectivity index (χ3n) is 4.69. The van der Waals surface area contributed by atoms with Gasteiger partial charge in [0.15, 0.2) is 5.96 Å². The molecule has 0 bridgehead atoms. The van der Waals surface area contributed by atoms with Crippen LogP contribution in [0.2, 0.25) is 0 Å². The number of thiophene rings is 1. The fraction of sp³-hybridized carbons (Fsp3) is 0.364. The second-order valence-electron chi connectivity index (χ2n) is 6.83. The highest BCUT2D eigenvalue weighted by Crippen LogP contribution is 2.24. The molecule has 0 atom stereocenters.